The highest BCUT2D eigenvalue weighted by Crippen LogP contribution is 2.03. The fraction of sp³-hybridized carbons (Fsp3) is 0.692. The summed E-state index contributed by atoms with van der Waals surface area (Å²) >= 11 is 1.82. The first kappa shape index (κ1) is 15.4. The molecular weight excluding hydrogens is 216 g/mol. The second-order valence-corrected chi connectivity index (χ2v) is 4.99. The van der Waals surface area contributed by atoms with Gasteiger partial charge in [0, 0.05) is 18.3 Å². The van der Waals surface area contributed by atoms with Crippen LogP contribution in [0.4, 0.5) is 0 Å². The number of hydrogen-bond donors (Lipinski definition) is 0. The maximum absolute atomic E-state index is 4.63. The molecule has 0 aliphatic carbocycles. The zero-order valence-electron chi connectivity index (χ0n) is 11.4. The Bertz CT molecular complexity index is 288. The van der Waals surface area contributed by atoms with Crippen molar-refractivity contribution in [1.29, 1.82) is 0 Å². The van der Waals surface area contributed by atoms with Crippen LogP contribution in [-0.4, -0.2) is 36.0 Å². The summed E-state index contributed by atoms with van der Waals surface area (Å²) in [6.45, 7) is 11.2. The van der Waals surface area contributed by atoms with Crippen LogP contribution in [0.2, 0.25) is 0 Å². The number of allylic oxidation sites excluding steroid dienone is 2. The first-order valence-corrected chi connectivity index (χ1v) is 7.13. The van der Waals surface area contributed by atoms with E-state index in [1.54, 1.807) is 0 Å². The van der Waals surface area contributed by atoms with E-state index in [4.69, 9.17) is 0 Å². The van der Waals surface area contributed by atoms with Crippen molar-refractivity contribution in [2.45, 2.75) is 40.7 Å². The van der Waals surface area contributed by atoms with E-state index in [1.807, 2.05) is 25.6 Å². The Morgan fingerprint density at radius 3 is 2.38 bits per heavy atom. The second-order valence-electron chi connectivity index (χ2n) is 4.00. The van der Waals surface area contributed by atoms with Gasteiger partial charge in [-0.05, 0) is 46.4 Å². The molecule has 0 aliphatic rings. The molecule has 0 saturated heterocycles. The van der Waals surface area contributed by atoms with Crippen LogP contribution in [0, 0.1) is 0 Å². The van der Waals surface area contributed by atoms with Crippen molar-refractivity contribution in [3.8, 4) is 0 Å². The zero-order chi connectivity index (χ0) is 12.6. The zero-order valence-corrected chi connectivity index (χ0v) is 12.2. The van der Waals surface area contributed by atoms with Crippen LogP contribution < -0.4 is 0 Å². The third-order valence-corrected chi connectivity index (χ3v) is 2.76. The van der Waals surface area contributed by atoms with E-state index in [2.05, 4.69) is 43.1 Å². The first-order chi connectivity index (χ1) is 7.52. The molecule has 0 rings (SSSR count). The fourth-order valence-corrected chi connectivity index (χ4v) is 1.63. The van der Waals surface area contributed by atoms with Crippen molar-refractivity contribution in [2.75, 3.05) is 18.6 Å². The molecule has 0 N–H and O–H groups in total. The van der Waals surface area contributed by atoms with Gasteiger partial charge in [-0.1, -0.05) is 6.08 Å². The number of aliphatic imine (C=N–C) groups is 2. The highest BCUT2D eigenvalue weighted by molar-refractivity contribution is 7.98. The lowest BCUT2D eigenvalue weighted by atomic mass is 10.1. The van der Waals surface area contributed by atoms with Gasteiger partial charge < -0.3 is 0 Å². The Kier molecular flexibility index (Phi) is 8.26. The summed E-state index contributed by atoms with van der Waals surface area (Å²) < 4.78 is 0. The van der Waals surface area contributed by atoms with Crippen LogP contribution >= 0.6 is 11.8 Å². The molecule has 0 heterocycles. The van der Waals surface area contributed by atoms with E-state index in [0.717, 1.165) is 23.7 Å². The monoisotopic (exact) mass is 240 g/mol. The Hall–Kier alpha value is -0.570. The topological polar surface area (TPSA) is 24.7 Å². The highest BCUT2D eigenvalue weighted by Gasteiger charge is 2.06. The van der Waals surface area contributed by atoms with Crippen LogP contribution in [0.15, 0.2) is 21.6 Å². The summed E-state index contributed by atoms with van der Waals surface area (Å²) in [6.07, 6.45) is 4.20. The Labute approximate surface area is 104 Å². The van der Waals surface area contributed by atoms with Crippen LogP contribution in [0.5, 0.6) is 0 Å². The van der Waals surface area contributed by atoms with E-state index in [-0.39, 0.29) is 0 Å². The van der Waals surface area contributed by atoms with Gasteiger partial charge in [0.25, 0.3) is 0 Å². The normalized spacial score (nSPS) is 14.8. The van der Waals surface area contributed by atoms with Gasteiger partial charge in [0.2, 0.25) is 0 Å². The predicted molar refractivity (Wildman–Crippen MR) is 78.4 cm³/mol. The van der Waals surface area contributed by atoms with Crippen molar-refractivity contribution >= 4 is 23.2 Å². The summed E-state index contributed by atoms with van der Waals surface area (Å²) in [4.78, 5) is 9.20. The van der Waals surface area contributed by atoms with Gasteiger partial charge in [0.15, 0.2) is 0 Å². The van der Waals surface area contributed by atoms with Crippen LogP contribution in [0.1, 0.15) is 34.6 Å². The molecule has 0 aromatic rings. The molecule has 0 aromatic heterocycles. The van der Waals surface area contributed by atoms with Crippen molar-refractivity contribution in [3.05, 3.63) is 11.6 Å². The lowest BCUT2D eigenvalue weighted by Crippen LogP contribution is -2.15. The lowest BCUT2D eigenvalue weighted by molar-refractivity contribution is 0.837. The fourth-order valence-electron chi connectivity index (χ4n) is 1.36. The molecule has 0 aromatic carbocycles. The second kappa shape index (κ2) is 8.57. The SMILES string of the molecule is C/C=C(/C)C(=NCCSC)C(C)=NC(C)C. The highest BCUT2D eigenvalue weighted by atomic mass is 32.2. The van der Waals surface area contributed by atoms with Gasteiger partial charge in [0.05, 0.1) is 11.4 Å². The van der Waals surface area contributed by atoms with Crippen LogP contribution in [0.25, 0.3) is 0 Å². The van der Waals surface area contributed by atoms with E-state index in [0.29, 0.717) is 6.04 Å². The molecule has 0 saturated carbocycles. The minimum Gasteiger partial charge on any atom is -0.285 e. The molecule has 92 valence electrons. The average molecular weight is 240 g/mol. The van der Waals surface area contributed by atoms with Gasteiger partial charge in [0.1, 0.15) is 0 Å². The predicted octanol–water partition coefficient (Wildman–Crippen LogP) is 3.63. The number of nitrogens with zero attached hydrogens (tertiary/aromatic N) is 2. The molecule has 0 atom stereocenters. The Balaban J connectivity index is 4.88. The molecule has 0 aliphatic heterocycles. The van der Waals surface area contributed by atoms with E-state index >= 15 is 0 Å². The Morgan fingerprint density at radius 2 is 1.94 bits per heavy atom. The molecular formula is C13H24N2S. The molecule has 0 bridgehead atoms. The average Bonchev–Trinajstić information content (AvgIpc) is 2.22. The molecule has 0 unspecified atom stereocenters. The van der Waals surface area contributed by atoms with Gasteiger partial charge in [-0.2, -0.15) is 11.8 Å². The quantitative estimate of drug-likeness (QED) is 0.514. The van der Waals surface area contributed by atoms with E-state index in [9.17, 15) is 0 Å². The summed E-state index contributed by atoms with van der Waals surface area (Å²) in [7, 11) is 0. The molecule has 16 heavy (non-hydrogen) atoms. The van der Waals surface area contributed by atoms with Crippen LogP contribution in [0.3, 0.4) is 0 Å². The minimum absolute atomic E-state index is 0.329. The summed E-state index contributed by atoms with van der Waals surface area (Å²) in [5.74, 6) is 1.06. The standard InChI is InChI=1S/C13H24N2S/c1-7-11(4)13(14-8-9-16-6)12(5)15-10(2)3/h7,10H,8-9H2,1-6H3/b11-7-,14-13?,15-12?. The molecule has 0 radical (unpaired) electrons. The van der Waals surface area contributed by atoms with Gasteiger partial charge in [-0.15, -0.1) is 0 Å². The van der Waals surface area contributed by atoms with Gasteiger partial charge in [-0.3, -0.25) is 9.98 Å². The van der Waals surface area contributed by atoms with Crippen molar-refractivity contribution in [3.63, 3.8) is 0 Å². The largest absolute Gasteiger partial charge is 0.285 e. The number of rotatable bonds is 6. The molecule has 2 nitrogen and oxygen atoms in total. The summed E-state index contributed by atoms with van der Waals surface area (Å²) in [5.41, 5.74) is 3.32. The maximum atomic E-state index is 4.63. The van der Waals surface area contributed by atoms with Crippen molar-refractivity contribution in [1.82, 2.24) is 0 Å². The van der Waals surface area contributed by atoms with Crippen molar-refractivity contribution in [2.24, 2.45) is 9.98 Å². The first-order valence-electron chi connectivity index (χ1n) is 5.74. The lowest BCUT2D eigenvalue weighted by Gasteiger charge is -2.08. The van der Waals surface area contributed by atoms with Crippen molar-refractivity contribution < 1.29 is 0 Å². The Morgan fingerprint density at radius 1 is 1.31 bits per heavy atom. The number of thioether (sulfide) groups is 1. The number of hydrogen-bond acceptors (Lipinski definition) is 3. The minimum atomic E-state index is 0.329. The third-order valence-electron chi connectivity index (χ3n) is 2.17. The van der Waals surface area contributed by atoms with Gasteiger partial charge >= 0.3 is 0 Å². The van der Waals surface area contributed by atoms with Gasteiger partial charge in [-0.25, -0.2) is 0 Å². The smallest absolute Gasteiger partial charge is 0.0807 e. The molecule has 0 amide bonds. The molecule has 3 heteroatoms. The molecule has 0 spiro atoms. The van der Waals surface area contributed by atoms with Crippen LogP contribution in [-0.2, 0) is 0 Å². The third kappa shape index (κ3) is 6.11. The maximum Gasteiger partial charge on any atom is 0.0807 e. The van der Waals surface area contributed by atoms with E-state index in [1.165, 1.54) is 5.57 Å². The summed E-state index contributed by atoms with van der Waals surface area (Å²) in [6, 6.07) is 0.329. The summed E-state index contributed by atoms with van der Waals surface area (Å²) in [5, 5.41) is 0. The molecule has 0 fully saturated rings. The van der Waals surface area contributed by atoms with E-state index < -0.39 is 0 Å².